The third-order valence-corrected chi connectivity index (χ3v) is 4.73. The maximum absolute atomic E-state index is 12.9. The van der Waals surface area contributed by atoms with Crippen molar-refractivity contribution in [3.05, 3.63) is 61.8 Å². The first-order chi connectivity index (χ1) is 12.3. The number of carbonyl (C=O) groups excluding carboxylic acids is 1. The molecule has 136 valence electrons. The van der Waals surface area contributed by atoms with E-state index in [-0.39, 0.29) is 11.8 Å². The molecule has 3 rings (SSSR count). The molecule has 0 saturated carbocycles. The molecule has 0 radical (unpaired) electrons. The third kappa shape index (κ3) is 2.56. The number of ether oxygens (including phenoxy) is 1. The number of nitrogens with zero attached hydrogens (tertiary/aromatic N) is 2. The Hall–Kier alpha value is -3.09. The summed E-state index contributed by atoms with van der Waals surface area (Å²) in [5, 5.41) is 3.14. The molecule has 1 aromatic heterocycles. The molecule has 0 bridgehead atoms. The van der Waals surface area contributed by atoms with E-state index in [1.165, 1.54) is 18.5 Å². The van der Waals surface area contributed by atoms with Crippen molar-refractivity contribution in [2.45, 2.75) is 19.9 Å². The number of ketones is 1. The first kappa shape index (κ1) is 17.7. The van der Waals surface area contributed by atoms with E-state index in [1.807, 2.05) is 19.1 Å². The molecule has 1 aliphatic rings. The number of hydrogen-bond donors (Lipinski definition) is 1. The third-order valence-electron chi connectivity index (χ3n) is 4.73. The molecule has 0 amide bonds. The van der Waals surface area contributed by atoms with Gasteiger partial charge in [-0.05, 0) is 31.5 Å². The number of benzene rings is 1. The standard InChI is InChI=1S/C19H21N3O4/c1-10-14(11(2)23)15(12-6-8-13(26-5)9-7-12)16-17(20-10)21(3)19(25)22(4)18(16)24/h6-10,20H,1-5H3. The maximum Gasteiger partial charge on any atom is 0.332 e. The number of Topliss-reactive ketones (excluding diaryl/α,β-unsaturated/α-hetero) is 1. The highest BCUT2D eigenvalue weighted by molar-refractivity contribution is 6.08. The van der Waals surface area contributed by atoms with Gasteiger partial charge in [0.2, 0.25) is 0 Å². The topological polar surface area (TPSA) is 82.3 Å². The van der Waals surface area contributed by atoms with E-state index >= 15 is 0 Å². The van der Waals surface area contributed by atoms with Gasteiger partial charge in [-0.25, -0.2) is 4.79 Å². The average molecular weight is 355 g/mol. The van der Waals surface area contributed by atoms with Crippen LogP contribution in [0.25, 0.3) is 5.57 Å². The molecular weight excluding hydrogens is 334 g/mol. The molecule has 7 heteroatoms. The second kappa shape index (κ2) is 6.33. The van der Waals surface area contributed by atoms with Crippen LogP contribution >= 0.6 is 0 Å². The smallest absolute Gasteiger partial charge is 0.332 e. The molecule has 0 saturated heterocycles. The van der Waals surface area contributed by atoms with Crippen molar-refractivity contribution in [3.63, 3.8) is 0 Å². The van der Waals surface area contributed by atoms with E-state index in [4.69, 9.17) is 4.74 Å². The molecule has 2 aromatic rings. The van der Waals surface area contributed by atoms with Crippen molar-refractivity contribution in [2.24, 2.45) is 14.1 Å². The Bertz CT molecular complexity index is 1040. The van der Waals surface area contributed by atoms with Gasteiger partial charge in [0.05, 0.1) is 18.7 Å². The molecule has 1 unspecified atom stereocenters. The predicted octanol–water partition coefficient (Wildman–Crippen LogP) is 1.30. The maximum atomic E-state index is 12.9. The van der Waals surface area contributed by atoms with Crippen molar-refractivity contribution in [3.8, 4) is 5.75 Å². The zero-order valence-electron chi connectivity index (χ0n) is 15.4. The lowest BCUT2D eigenvalue weighted by molar-refractivity contribution is -0.113. The number of carbonyl (C=O) groups is 1. The van der Waals surface area contributed by atoms with E-state index < -0.39 is 11.2 Å². The van der Waals surface area contributed by atoms with Crippen LogP contribution in [0.1, 0.15) is 25.0 Å². The fraction of sp³-hybridized carbons (Fsp3) is 0.316. The first-order valence-corrected chi connectivity index (χ1v) is 8.24. The van der Waals surface area contributed by atoms with Crippen LogP contribution in [0.3, 0.4) is 0 Å². The summed E-state index contributed by atoms with van der Waals surface area (Å²) in [5.41, 5.74) is 1.25. The minimum Gasteiger partial charge on any atom is -0.497 e. The lowest BCUT2D eigenvalue weighted by atomic mass is 9.86. The first-order valence-electron chi connectivity index (χ1n) is 8.24. The number of aromatic nitrogens is 2. The van der Waals surface area contributed by atoms with E-state index in [9.17, 15) is 14.4 Å². The van der Waals surface area contributed by atoms with Gasteiger partial charge in [0.25, 0.3) is 5.56 Å². The van der Waals surface area contributed by atoms with Crippen LogP contribution in [0.2, 0.25) is 0 Å². The van der Waals surface area contributed by atoms with Crippen LogP contribution < -0.4 is 21.3 Å². The van der Waals surface area contributed by atoms with Gasteiger partial charge < -0.3 is 10.1 Å². The lowest BCUT2D eigenvalue weighted by Gasteiger charge is -2.30. The number of methoxy groups -OCH3 is 1. The van der Waals surface area contributed by atoms with Crippen LogP contribution in [0.5, 0.6) is 5.75 Å². The van der Waals surface area contributed by atoms with Gasteiger partial charge in [0, 0.05) is 25.2 Å². The number of fused-ring (bicyclic) bond motifs is 1. The Kier molecular flexibility index (Phi) is 4.31. The molecule has 1 aliphatic heterocycles. The second-order valence-corrected chi connectivity index (χ2v) is 6.37. The Labute approximate surface area is 150 Å². The van der Waals surface area contributed by atoms with Crippen molar-refractivity contribution >= 4 is 17.2 Å². The summed E-state index contributed by atoms with van der Waals surface area (Å²) in [6.45, 7) is 3.32. The zero-order valence-corrected chi connectivity index (χ0v) is 15.4. The lowest BCUT2D eigenvalue weighted by Crippen LogP contribution is -2.43. The average Bonchev–Trinajstić information content (AvgIpc) is 2.63. The molecule has 1 atom stereocenters. The van der Waals surface area contributed by atoms with Gasteiger partial charge in [-0.1, -0.05) is 12.1 Å². The SMILES string of the molecule is COc1ccc(C2=C(C(C)=O)C(C)Nc3c2c(=O)n(C)c(=O)n3C)cc1. The number of nitrogens with one attached hydrogen (secondary N) is 1. The summed E-state index contributed by atoms with van der Waals surface area (Å²) in [6.07, 6.45) is 0. The second-order valence-electron chi connectivity index (χ2n) is 6.37. The normalized spacial score (nSPS) is 16.1. The number of hydrogen-bond acceptors (Lipinski definition) is 5. The van der Waals surface area contributed by atoms with E-state index in [0.717, 1.165) is 10.1 Å². The molecule has 0 fully saturated rings. The summed E-state index contributed by atoms with van der Waals surface area (Å²) in [7, 11) is 4.61. The van der Waals surface area contributed by atoms with Crippen molar-refractivity contribution < 1.29 is 9.53 Å². The van der Waals surface area contributed by atoms with Gasteiger partial charge >= 0.3 is 5.69 Å². The Morgan fingerprint density at radius 3 is 2.27 bits per heavy atom. The Balaban J connectivity index is 2.44. The van der Waals surface area contributed by atoms with E-state index in [1.54, 1.807) is 26.3 Å². The van der Waals surface area contributed by atoms with Crippen LogP contribution in [0, 0.1) is 0 Å². The molecule has 26 heavy (non-hydrogen) atoms. The van der Waals surface area contributed by atoms with Crippen LogP contribution in [-0.2, 0) is 18.9 Å². The fourth-order valence-electron chi connectivity index (χ4n) is 3.41. The summed E-state index contributed by atoms with van der Waals surface area (Å²) < 4.78 is 7.64. The summed E-state index contributed by atoms with van der Waals surface area (Å²) >= 11 is 0. The highest BCUT2D eigenvalue weighted by Crippen LogP contribution is 2.36. The van der Waals surface area contributed by atoms with Gasteiger partial charge in [0.1, 0.15) is 11.6 Å². The van der Waals surface area contributed by atoms with Gasteiger partial charge in [-0.3, -0.25) is 18.7 Å². The van der Waals surface area contributed by atoms with Crippen molar-refractivity contribution in [2.75, 3.05) is 12.4 Å². The van der Waals surface area contributed by atoms with Crippen molar-refractivity contribution in [1.82, 2.24) is 9.13 Å². The zero-order chi connectivity index (χ0) is 19.2. The molecule has 7 nitrogen and oxygen atoms in total. The van der Waals surface area contributed by atoms with Crippen LogP contribution in [0.15, 0.2) is 39.4 Å². The molecule has 1 N–H and O–H groups in total. The van der Waals surface area contributed by atoms with E-state index in [2.05, 4.69) is 5.32 Å². The highest BCUT2D eigenvalue weighted by atomic mass is 16.5. The van der Waals surface area contributed by atoms with E-state index in [0.29, 0.717) is 28.3 Å². The van der Waals surface area contributed by atoms with Crippen molar-refractivity contribution in [1.29, 1.82) is 0 Å². The van der Waals surface area contributed by atoms with Gasteiger partial charge in [-0.15, -0.1) is 0 Å². The summed E-state index contributed by atoms with van der Waals surface area (Å²) in [5.74, 6) is 0.966. The molecule has 0 spiro atoms. The number of anilines is 1. The quantitative estimate of drug-likeness (QED) is 0.897. The fourth-order valence-corrected chi connectivity index (χ4v) is 3.41. The number of rotatable bonds is 3. The Morgan fingerprint density at radius 2 is 1.73 bits per heavy atom. The Morgan fingerprint density at radius 1 is 1.12 bits per heavy atom. The largest absolute Gasteiger partial charge is 0.497 e. The predicted molar refractivity (Wildman–Crippen MR) is 99.7 cm³/mol. The summed E-state index contributed by atoms with van der Waals surface area (Å²) in [6, 6.07) is 6.83. The monoisotopic (exact) mass is 355 g/mol. The minimum atomic E-state index is -0.438. The minimum absolute atomic E-state index is 0.127. The summed E-state index contributed by atoms with van der Waals surface area (Å²) in [4.78, 5) is 37.6. The van der Waals surface area contributed by atoms with Crippen LogP contribution in [0.4, 0.5) is 5.82 Å². The van der Waals surface area contributed by atoms with Crippen LogP contribution in [-0.4, -0.2) is 28.1 Å². The highest BCUT2D eigenvalue weighted by Gasteiger charge is 2.32. The molecule has 2 heterocycles. The molecule has 0 aliphatic carbocycles. The van der Waals surface area contributed by atoms with Gasteiger partial charge in [0.15, 0.2) is 5.78 Å². The molecular formula is C19H21N3O4. The molecule has 1 aromatic carbocycles. The van der Waals surface area contributed by atoms with Gasteiger partial charge in [-0.2, -0.15) is 0 Å².